The van der Waals surface area contributed by atoms with Crippen molar-refractivity contribution in [2.45, 2.75) is 38.8 Å². The maximum atomic E-state index is 12.8. The highest BCUT2D eigenvalue weighted by Gasteiger charge is 2.23. The van der Waals surface area contributed by atoms with Crippen molar-refractivity contribution in [1.29, 1.82) is 0 Å². The highest BCUT2D eigenvalue weighted by Crippen LogP contribution is 2.09. The van der Waals surface area contributed by atoms with Crippen molar-refractivity contribution in [3.8, 4) is 0 Å². The Bertz CT molecular complexity index is 445. The quantitative estimate of drug-likeness (QED) is 0.743. The van der Waals surface area contributed by atoms with Gasteiger partial charge < -0.3 is 10.4 Å². The molecule has 19 heavy (non-hydrogen) atoms. The summed E-state index contributed by atoms with van der Waals surface area (Å²) in [6, 6.07) is 4.35. The van der Waals surface area contributed by atoms with Crippen molar-refractivity contribution < 1.29 is 19.1 Å². The van der Waals surface area contributed by atoms with E-state index in [1.54, 1.807) is 0 Å². The molecule has 0 aromatic heterocycles. The van der Waals surface area contributed by atoms with E-state index in [1.807, 2.05) is 13.8 Å². The van der Waals surface area contributed by atoms with Crippen LogP contribution < -0.4 is 5.32 Å². The van der Waals surface area contributed by atoms with Crippen LogP contribution in [0.3, 0.4) is 0 Å². The number of rotatable bonds is 7. The Morgan fingerprint density at radius 1 is 1.32 bits per heavy atom. The Labute approximate surface area is 111 Å². The van der Waals surface area contributed by atoms with E-state index in [4.69, 9.17) is 5.11 Å². The van der Waals surface area contributed by atoms with Gasteiger partial charge in [0.05, 0.1) is 12.5 Å². The van der Waals surface area contributed by atoms with Crippen molar-refractivity contribution in [3.63, 3.8) is 0 Å². The van der Waals surface area contributed by atoms with E-state index in [1.165, 1.54) is 24.3 Å². The molecule has 0 bridgehead atoms. The summed E-state index contributed by atoms with van der Waals surface area (Å²) in [5, 5.41) is 11.8. The lowest BCUT2D eigenvalue weighted by Crippen LogP contribution is -2.43. The highest BCUT2D eigenvalue weighted by molar-refractivity contribution is 6.01. The second-order valence-electron chi connectivity index (χ2n) is 4.50. The minimum Gasteiger partial charge on any atom is -0.481 e. The number of carbonyl (C=O) groups is 2. The number of halogens is 1. The van der Waals surface area contributed by atoms with Crippen molar-refractivity contribution >= 4 is 11.8 Å². The van der Waals surface area contributed by atoms with Gasteiger partial charge in [-0.1, -0.05) is 6.92 Å². The number of aliphatic carboxylic acids is 1. The summed E-state index contributed by atoms with van der Waals surface area (Å²) in [6.07, 6.45) is 0.493. The van der Waals surface area contributed by atoms with Gasteiger partial charge in [-0.05, 0) is 37.6 Å². The topological polar surface area (TPSA) is 66.4 Å². The molecule has 0 aliphatic heterocycles. The van der Waals surface area contributed by atoms with E-state index in [-0.39, 0.29) is 18.2 Å². The first-order valence-corrected chi connectivity index (χ1v) is 6.21. The molecule has 0 aliphatic rings. The maximum Gasteiger partial charge on any atom is 0.305 e. The second kappa shape index (κ2) is 6.99. The molecule has 2 unspecified atom stereocenters. The maximum absolute atomic E-state index is 12.8. The monoisotopic (exact) mass is 267 g/mol. The van der Waals surface area contributed by atoms with Gasteiger partial charge >= 0.3 is 5.97 Å². The molecule has 0 amide bonds. The van der Waals surface area contributed by atoms with E-state index in [0.29, 0.717) is 5.56 Å². The highest BCUT2D eigenvalue weighted by atomic mass is 19.1. The molecule has 0 saturated carbocycles. The zero-order valence-electron chi connectivity index (χ0n) is 11.0. The first kappa shape index (κ1) is 15.3. The fourth-order valence-electron chi connectivity index (χ4n) is 1.68. The minimum atomic E-state index is -1.05. The summed E-state index contributed by atoms with van der Waals surface area (Å²) in [6.45, 7) is 3.82. The molecule has 4 nitrogen and oxygen atoms in total. The molecule has 0 spiro atoms. The third-order valence-electron chi connectivity index (χ3n) is 2.92. The van der Waals surface area contributed by atoms with Gasteiger partial charge in [0.25, 0.3) is 0 Å². The molecule has 0 saturated heterocycles. The summed E-state index contributed by atoms with van der Waals surface area (Å²) in [7, 11) is 0. The molecule has 0 aliphatic carbocycles. The molecule has 1 rings (SSSR count). The van der Waals surface area contributed by atoms with Crippen LogP contribution in [-0.4, -0.2) is 28.9 Å². The van der Waals surface area contributed by atoms with E-state index in [9.17, 15) is 14.0 Å². The lowest BCUT2D eigenvalue weighted by atomic mass is 10.0. The van der Waals surface area contributed by atoms with E-state index in [0.717, 1.165) is 6.42 Å². The van der Waals surface area contributed by atoms with Gasteiger partial charge in [0.2, 0.25) is 0 Å². The van der Waals surface area contributed by atoms with Crippen molar-refractivity contribution in [2.24, 2.45) is 0 Å². The first-order chi connectivity index (χ1) is 8.93. The fraction of sp³-hybridized carbons (Fsp3) is 0.429. The van der Waals surface area contributed by atoms with Crippen LogP contribution in [0.2, 0.25) is 0 Å². The zero-order valence-corrected chi connectivity index (χ0v) is 11.0. The van der Waals surface area contributed by atoms with E-state index >= 15 is 0 Å². The molecule has 2 atom stereocenters. The standard InChI is InChI=1S/C14H18FNO3/c1-3-9(2)16-12(8-13(17)18)14(19)10-4-6-11(15)7-5-10/h4-7,9,12,16H,3,8H2,1-2H3,(H,17,18). The van der Waals surface area contributed by atoms with Crippen molar-refractivity contribution in [2.75, 3.05) is 0 Å². The van der Waals surface area contributed by atoms with Gasteiger partial charge in [-0.3, -0.25) is 9.59 Å². The summed E-state index contributed by atoms with van der Waals surface area (Å²) in [5.74, 6) is -1.81. The van der Waals surface area contributed by atoms with Crippen LogP contribution in [0.15, 0.2) is 24.3 Å². The fourth-order valence-corrected chi connectivity index (χ4v) is 1.68. The summed E-state index contributed by atoms with van der Waals surface area (Å²) in [5.41, 5.74) is 0.309. The normalized spacial score (nSPS) is 13.8. The third kappa shape index (κ3) is 4.79. The summed E-state index contributed by atoms with van der Waals surface area (Å²) in [4.78, 5) is 23.0. The molecule has 1 aromatic rings. The molecule has 0 radical (unpaired) electrons. The summed E-state index contributed by atoms with van der Waals surface area (Å²) < 4.78 is 12.8. The Hall–Kier alpha value is -1.75. The zero-order chi connectivity index (χ0) is 14.4. The molecular formula is C14H18FNO3. The Balaban J connectivity index is 2.86. The predicted molar refractivity (Wildman–Crippen MR) is 69.7 cm³/mol. The Kier molecular flexibility index (Phi) is 5.63. The van der Waals surface area contributed by atoms with Gasteiger partial charge in [0.1, 0.15) is 5.82 Å². The van der Waals surface area contributed by atoms with Crippen LogP contribution in [0.4, 0.5) is 4.39 Å². The molecule has 2 N–H and O–H groups in total. The van der Waals surface area contributed by atoms with Gasteiger partial charge in [0, 0.05) is 11.6 Å². The molecule has 104 valence electrons. The van der Waals surface area contributed by atoms with Gasteiger partial charge in [-0.25, -0.2) is 4.39 Å². The van der Waals surface area contributed by atoms with Crippen LogP contribution in [0.25, 0.3) is 0 Å². The number of ketones is 1. The minimum absolute atomic E-state index is 0.0359. The number of Topliss-reactive ketones (excluding diaryl/α,β-unsaturated/α-hetero) is 1. The van der Waals surface area contributed by atoms with Gasteiger partial charge in [0.15, 0.2) is 5.78 Å². The number of hydrogen-bond acceptors (Lipinski definition) is 3. The molecular weight excluding hydrogens is 249 g/mol. The van der Waals surface area contributed by atoms with Crippen molar-refractivity contribution in [1.82, 2.24) is 5.32 Å². The number of carboxylic acids is 1. The SMILES string of the molecule is CCC(C)NC(CC(=O)O)C(=O)c1ccc(F)cc1. The van der Waals surface area contributed by atoms with Crippen LogP contribution in [0, 0.1) is 5.82 Å². The average molecular weight is 267 g/mol. The van der Waals surface area contributed by atoms with Crippen LogP contribution >= 0.6 is 0 Å². The number of hydrogen-bond donors (Lipinski definition) is 2. The molecule has 0 heterocycles. The second-order valence-corrected chi connectivity index (χ2v) is 4.50. The average Bonchev–Trinajstić information content (AvgIpc) is 2.37. The molecule has 1 aromatic carbocycles. The Morgan fingerprint density at radius 2 is 1.89 bits per heavy atom. The largest absolute Gasteiger partial charge is 0.481 e. The number of nitrogens with one attached hydrogen (secondary N) is 1. The number of carboxylic acid groups (broad SMARTS) is 1. The van der Waals surface area contributed by atoms with E-state index < -0.39 is 17.8 Å². The number of benzene rings is 1. The smallest absolute Gasteiger partial charge is 0.305 e. The lowest BCUT2D eigenvalue weighted by molar-refractivity contribution is -0.137. The van der Waals surface area contributed by atoms with E-state index in [2.05, 4.69) is 5.32 Å². The molecule has 5 heteroatoms. The predicted octanol–water partition coefficient (Wildman–Crippen LogP) is 2.24. The van der Waals surface area contributed by atoms with Crippen LogP contribution in [-0.2, 0) is 4.79 Å². The molecule has 0 fully saturated rings. The summed E-state index contributed by atoms with van der Waals surface area (Å²) >= 11 is 0. The van der Waals surface area contributed by atoms with Crippen molar-refractivity contribution in [3.05, 3.63) is 35.6 Å². The van der Waals surface area contributed by atoms with Crippen LogP contribution in [0.1, 0.15) is 37.0 Å². The number of carbonyl (C=O) groups excluding carboxylic acids is 1. The third-order valence-corrected chi connectivity index (χ3v) is 2.92. The van der Waals surface area contributed by atoms with Crippen LogP contribution in [0.5, 0.6) is 0 Å². The lowest BCUT2D eigenvalue weighted by Gasteiger charge is -2.20. The van der Waals surface area contributed by atoms with Gasteiger partial charge in [-0.2, -0.15) is 0 Å². The Morgan fingerprint density at radius 3 is 2.37 bits per heavy atom. The first-order valence-electron chi connectivity index (χ1n) is 6.21. The van der Waals surface area contributed by atoms with Gasteiger partial charge in [-0.15, -0.1) is 0 Å².